The Bertz CT molecular complexity index is 754. The van der Waals surface area contributed by atoms with Crippen LogP contribution in [0.5, 0.6) is 0 Å². The quantitative estimate of drug-likeness (QED) is 0.749. The van der Waals surface area contributed by atoms with Gasteiger partial charge in [0.1, 0.15) is 5.54 Å². The molecule has 4 amide bonds. The van der Waals surface area contributed by atoms with E-state index >= 15 is 0 Å². The number of benzene rings is 1. The number of furan rings is 1. The third-order valence-corrected chi connectivity index (χ3v) is 3.49. The average Bonchev–Trinajstić information content (AvgIpc) is 3.09. The molecule has 1 fully saturated rings. The molecule has 1 saturated heterocycles. The van der Waals surface area contributed by atoms with E-state index in [0.717, 1.165) is 0 Å². The van der Waals surface area contributed by atoms with Crippen LogP contribution < -0.4 is 16.0 Å². The van der Waals surface area contributed by atoms with Crippen molar-refractivity contribution in [1.82, 2.24) is 10.6 Å². The Morgan fingerprint density at radius 3 is 2.68 bits per heavy atom. The van der Waals surface area contributed by atoms with Gasteiger partial charge in [-0.15, -0.1) is 0 Å². The zero-order valence-corrected chi connectivity index (χ0v) is 11.7. The number of urea groups is 1. The molecular weight excluding hydrogens is 286 g/mol. The van der Waals surface area contributed by atoms with Crippen LogP contribution in [0.1, 0.15) is 23.0 Å². The van der Waals surface area contributed by atoms with Crippen LogP contribution in [0.15, 0.2) is 47.1 Å². The van der Waals surface area contributed by atoms with Crippen LogP contribution in [-0.2, 0) is 10.3 Å². The van der Waals surface area contributed by atoms with Crippen molar-refractivity contribution < 1.29 is 18.8 Å². The maximum Gasteiger partial charge on any atom is 0.322 e. The zero-order valence-electron chi connectivity index (χ0n) is 11.7. The molecule has 22 heavy (non-hydrogen) atoms. The lowest BCUT2D eigenvalue weighted by Crippen LogP contribution is -2.40. The zero-order chi connectivity index (χ0) is 15.7. The van der Waals surface area contributed by atoms with E-state index in [1.807, 2.05) is 0 Å². The molecule has 7 heteroatoms. The third-order valence-electron chi connectivity index (χ3n) is 3.49. The Labute approximate surface area is 125 Å². The van der Waals surface area contributed by atoms with Gasteiger partial charge in [-0.3, -0.25) is 14.9 Å². The van der Waals surface area contributed by atoms with Gasteiger partial charge in [-0.2, -0.15) is 0 Å². The molecule has 0 aliphatic carbocycles. The summed E-state index contributed by atoms with van der Waals surface area (Å²) in [5, 5.41) is 7.45. The van der Waals surface area contributed by atoms with Gasteiger partial charge in [0.2, 0.25) is 0 Å². The highest BCUT2D eigenvalue weighted by molar-refractivity contribution is 6.07. The monoisotopic (exact) mass is 299 g/mol. The van der Waals surface area contributed by atoms with Gasteiger partial charge in [-0.1, -0.05) is 12.1 Å². The summed E-state index contributed by atoms with van der Waals surface area (Å²) in [6.45, 7) is 1.60. The lowest BCUT2D eigenvalue weighted by atomic mass is 9.92. The van der Waals surface area contributed by atoms with Gasteiger partial charge in [-0.25, -0.2) is 4.79 Å². The van der Waals surface area contributed by atoms with Gasteiger partial charge in [0, 0.05) is 5.69 Å². The summed E-state index contributed by atoms with van der Waals surface area (Å²) in [6, 6.07) is 9.33. The molecule has 0 spiro atoms. The molecule has 1 atom stereocenters. The van der Waals surface area contributed by atoms with Gasteiger partial charge in [0.25, 0.3) is 11.8 Å². The van der Waals surface area contributed by atoms with E-state index in [0.29, 0.717) is 11.3 Å². The molecule has 2 aromatic rings. The molecule has 3 rings (SSSR count). The summed E-state index contributed by atoms with van der Waals surface area (Å²) < 4.78 is 5.02. The Morgan fingerprint density at radius 1 is 1.23 bits per heavy atom. The first-order chi connectivity index (χ1) is 10.5. The van der Waals surface area contributed by atoms with Gasteiger partial charge >= 0.3 is 6.03 Å². The number of amides is 4. The highest BCUT2D eigenvalue weighted by Gasteiger charge is 2.43. The third kappa shape index (κ3) is 2.32. The largest absolute Gasteiger partial charge is 0.459 e. The Morgan fingerprint density at radius 2 is 2.05 bits per heavy atom. The van der Waals surface area contributed by atoms with Gasteiger partial charge < -0.3 is 15.1 Å². The predicted molar refractivity (Wildman–Crippen MR) is 77.1 cm³/mol. The fourth-order valence-electron chi connectivity index (χ4n) is 2.25. The summed E-state index contributed by atoms with van der Waals surface area (Å²) >= 11 is 0. The number of hydrogen-bond acceptors (Lipinski definition) is 4. The number of carbonyl (C=O) groups is 3. The number of hydrogen-bond donors (Lipinski definition) is 3. The summed E-state index contributed by atoms with van der Waals surface area (Å²) in [6.07, 6.45) is 1.41. The maximum absolute atomic E-state index is 12.0. The normalized spacial score (nSPS) is 20.4. The molecular formula is C15H13N3O4. The molecule has 0 bridgehead atoms. The van der Waals surface area contributed by atoms with Crippen LogP contribution in [0, 0.1) is 0 Å². The van der Waals surface area contributed by atoms with E-state index in [1.165, 1.54) is 6.26 Å². The van der Waals surface area contributed by atoms with E-state index in [4.69, 9.17) is 4.42 Å². The molecule has 0 saturated carbocycles. The second-order valence-electron chi connectivity index (χ2n) is 5.05. The van der Waals surface area contributed by atoms with E-state index in [9.17, 15) is 14.4 Å². The molecule has 1 aliphatic rings. The van der Waals surface area contributed by atoms with Crippen LogP contribution in [-0.4, -0.2) is 17.8 Å². The first-order valence-electron chi connectivity index (χ1n) is 6.58. The molecule has 112 valence electrons. The molecule has 7 nitrogen and oxygen atoms in total. The van der Waals surface area contributed by atoms with E-state index in [1.54, 1.807) is 43.3 Å². The lowest BCUT2D eigenvalue weighted by molar-refractivity contribution is -0.123. The predicted octanol–water partition coefficient (Wildman–Crippen LogP) is 1.59. The highest BCUT2D eigenvalue weighted by Crippen LogP contribution is 2.26. The molecule has 0 radical (unpaired) electrons. The number of imide groups is 1. The number of carbonyl (C=O) groups excluding carboxylic acids is 3. The fraction of sp³-hybridized carbons (Fsp3) is 0.133. The smallest absolute Gasteiger partial charge is 0.322 e. The summed E-state index contributed by atoms with van der Waals surface area (Å²) in [7, 11) is 0. The maximum atomic E-state index is 12.0. The van der Waals surface area contributed by atoms with Crippen molar-refractivity contribution >= 4 is 23.5 Å². The van der Waals surface area contributed by atoms with Crippen LogP contribution in [0.2, 0.25) is 0 Å². The summed E-state index contributed by atoms with van der Waals surface area (Å²) in [4.78, 5) is 35.2. The number of nitrogens with one attached hydrogen (secondary N) is 3. The lowest BCUT2D eigenvalue weighted by Gasteiger charge is -2.21. The first-order valence-corrected chi connectivity index (χ1v) is 6.58. The first kappa shape index (κ1) is 13.9. The Hall–Kier alpha value is -3.09. The standard InChI is InChI=1S/C15H13N3O4/c1-15(13(20)17-14(21)18-15)9-4-2-5-10(8-9)16-12(19)11-6-3-7-22-11/h2-8H,1H3,(H,16,19)(H2,17,18,20,21). The van der Waals surface area contributed by atoms with Crippen molar-refractivity contribution in [2.24, 2.45) is 0 Å². The fourth-order valence-corrected chi connectivity index (χ4v) is 2.25. The molecule has 1 aromatic carbocycles. The van der Waals surface area contributed by atoms with E-state index in [-0.39, 0.29) is 5.76 Å². The Kier molecular flexibility index (Phi) is 3.17. The molecule has 2 heterocycles. The number of anilines is 1. The molecule has 1 unspecified atom stereocenters. The van der Waals surface area contributed by atoms with Crippen molar-refractivity contribution in [3.63, 3.8) is 0 Å². The van der Waals surface area contributed by atoms with Crippen LogP contribution in [0.3, 0.4) is 0 Å². The van der Waals surface area contributed by atoms with Gasteiger partial charge in [0.15, 0.2) is 5.76 Å². The Balaban J connectivity index is 1.86. The van der Waals surface area contributed by atoms with Gasteiger partial charge in [0.05, 0.1) is 6.26 Å². The second-order valence-corrected chi connectivity index (χ2v) is 5.05. The van der Waals surface area contributed by atoms with Crippen LogP contribution >= 0.6 is 0 Å². The second kappa shape index (κ2) is 5.03. The summed E-state index contributed by atoms with van der Waals surface area (Å²) in [5.74, 6) is -0.650. The summed E-state index contributed by atoms with van der Waals surface area (Å²) in [5.41, 5.74) is -0.107. The highest BCUT2D eigenvalue weighted by atomic mass is 16.3. The van der Waals surface area contributed by atoms with Crippen molar-refractivity contribution in [1.29, 1.82) is 0 Å². The van der Waals surface area contributed by atoms with Crippen molar-refractivity contribution in [2.75, 3.05) is 5.32 Å². The molecule has 3 N–H and O–H groups in total. The van der Waals surface area contributed by atoms with Crippen LogP contribution in [0.25, 0.3) is 0 Å². The van der Waals surface area contributed by atoms with Crippen molar-refractivity contribution in [3.8, 4) is 0 Å². The molecule has 1 aromatic heterocycles. The SMILES string of the molecule is CC1(c2cccc(NC(=O)c3ccco3)c2)NC(=O)NC1=O. The van der Waals surface area contributed by atoms with Crippen molar-refractivity contribution in [3.05, 3.63) is 54.0 Å². The van der Waals surface area contributed by atoms with E-state index in [2.05, 4.69) is 16.0 Å². The van der Waals surface area contributed by atoms with Crippen LogP contribution in [0.4, 0.5) is 10.5 Å². The minimum absolute atomic E-state index is 0.184. The number of rotatable bonds is 3. The van der Waals surface area contributed by atoms with E-state index < -0.39 is 23.4 Å². The van der Waals surface area contributed by atoms with Gasteiger partial charge in [-0.05, 0) is 36.8 Å². The topological polar surface area (TPSA) is 100 Å². The minimum Gasteiger partial charge on any atom is -0.459 e. The molecule has 1 aliphatic heterocycles. The van der Waals surface area contributed by atoms with Crippen molar-refractivity contribution in [2.45, 2.75) is 12.5 Å². The average molecular weight is 299 g/mol. The minimum atomic E-state index is -1.16.